The first-order chi connectivity index (χ1) is 9.08. The number of hydrogen-bond donors (Lipinski definition) is 2. The lowest BCUT2D eigenvalue weighted by atomic mass is 10.1. The molecular weight excluding hydrogens is 261 g/mol. The Bertz CT molecular complexity index is 534. The second-order valence-electron chi connectivity index (χ2n) is 3.57. The van der Waals surface area contributed by atoms with E-state index in [9.17, 15) is 4.39 Å². The van der Waals surface area contributed by atoms with E-state index in [0.29, 0.717) is 0 Å². The molecule has 0 spiro atoms. The maximum absolute atomic E-state index is 12.6. The van der Waals surface area contributed by atoms with Gasteiger partial charge in [0.1, 0.15) is 5.82 Å². The molecular formula is C14H14FN3S. The van der Waals surface area contributed by atoms with Crippen molar-refractivity contribution in [3.63, 3.8) is 0 Å². The number of hydrogen-bond acceptors (Lipinski definition) is 2. The molecule has 0 saturated heterocycles. The van der Waals surface area contributed by atoms with E-state index in [-0.39, 0.29) is 10.9 Å². The average Bonchev–Trinajstić information content (AvgIpc) is 2.39. The minimum Gasteiger partial charge on any atom is -0.377 e. The highest BCUT2D eigenvalue weighted by Crippen LogP contribution is 2.08. The van der Waals surface area contributed by atoms with Gasteiger partial charge in [0.15, 0.2) is 5.11 Å². The maximum Gasteiger partial charge on any atom is 0.160 e. The van der Waals surface area contributed by atoms with Gasteiger partial charge in [0.2, 0.25) is 0 Å². The Hall–Kier alpha value is -2.27. The highest BCUT2D eigenvalue weighted by Gasteiger charge is 1.89. The molecule has 0 saturated carbocycles. The number of pyridine rings is 1. The number of thiocarbonyl (C=S) groups is 1. The van der Waals surface area contributed by atoms with E-state index in [1.165, 1.54) is 12.1 Å². The lowest BCUT2D eigenvalue weighted by Crippen LogP contribution is -2.18. The minimum absolute atomic E-state index is 0.000000000000000222. The number of aromatic nitrogens is 1. The van der Waals surface area contributed by atoms with Crippen LogP contribution in [0.25, 0.3) is 12.2 Å². The van der Waals surface area contributed by atoms with Crippen LogP contribution in [-0.4, -0.2) is 10.1 Å². The van der Waals surface area contributed by atoms with Crippen LogP contribution in [0.1, 0.15) is 11.1 Å². The van der Waals surface area contributed by atoms with Gasteiger partial charge in [-0.25, -0.2) is 4.39 Å². The first-order valence-corrected chi connectivity index (χ1v) is 5.87. The van der Waals surface area contributed by atoms with Crippen molar-refractivity contribution in [1.29, 1.82) is 0 Å². The standard InChI is InChI=1S/C13H10FN.CH4N2S/c14-13-5-3-11(4-6-13)1-2-12-7-9-15-10-8-12;2-1(3)4/h1-10H;(H4,2,3,4)/b2-1+;. The third kappa shape index (κ3) is 6.90. The van der Waals surface area contributed by atoms with E-state index < -0.39 is 0 Å². The third-order valence-corrected chi connectivity index (χ3v) is 2.04. The Kier molecular flexibility index (Phi) is 6.18. The van der Waals surface area contributed by atoms with Crippen LogP contribution in [0.5, 0.6) is 0 Å². The molecule has 1 aromatic heterocycles. The molecule has 0 amide bonds. The van der Waals surface area contributed by atoms with Gasteiger partial charge in [0.25, 0.3) is 0 Å². The Balaban J connectivity index is 0.000000399. The van der Waals surface area contributed by atoms with Gasteiger partial charge in [0.05, 0.1) is 0 Å². The molecule has 0 atom stereocenters. The zero-order valence-corrected chi connectivity index (χ0v) is 11.0. The molecule has 5 heteroatoms. The Morgan fingerprint density at radius 2 is 1.37 bits per heavy atom. The molecule has 2 aromatic rings. The zero-order valence-electron chi connectivity index (χ0n) is 10.2. The van der Waals surface area contributed by atoms with E-state index in [2.05, 4.69) is 28.7 Å². The van der Waals surface area contributed by atoms with Crippen LogP contribution in [0.3, 0.4) is 0 Å². The van der Waals surface area contributed by atoms with E-state index in [4.69, 9.17) is 0 Å². The number of rotatable bonds is 2. The average molecular weight is 275 g/mol. The molecule has 0 aliphatic rings. The fraction of sp³-hybridized carbons (Fsp3) is 0. The van der Waals surface area contributed by atoms with Crippen molar-refractivity contribution in [2.45, 2.75) is 0 Å². The topological polar surface area (TPSA) is 64.9 Å². The highest BCUT2D eigenvalue weighted by molar-refractivity contribution is 7.80. The fourth-order valence-corrected chi connectivity index (χ4v) is 1.24. The van der Waals surface area contributed by atoms with Crippen LogP contribution >= 0.6 is 12.2 Å². The van der Waals surface area contributed by atoms with E-state index in [1.807, 2.05) is 24.3 Å². The van der Waals surface area contributed by atoms with Crippen LogP contribution in [0, 0.1) is 5.82 Å². The summed E-state index contributed by atoms with van der Waals surface area (Å²) in [6, 6.07) is 10.2. The Morgan fingerprint density at radius 1 is 0.947 bits per heavy atom. The van der Waals surface area contributed by atoms with Crippen LogP contribution in [-0.2, 0) is 0 Å². The van der Waals surface area contributed by atoms with Gasteiger partial charge in [-0.15, -0.1) is 0 Å². The lowest BCUT2D eigenvalue weighted by Gasteiger charge is -1.93. The smallest absolute Gasteiger partial charge is 0.160 e. The maximum atomic E-state index is 12.6. The van der Waals surface area contributed by atoms with Crippen LogP contribution < -0.4 is 11.5 Å². The number of halogens is 1. The molecule has 19 heavy (non-hydrogen) atoms. The monoisotopic (exact) mass is 275 g/mol. The van der Waals surface area contributed by atoms with Crippen molar-refractivity contribution in [3.05, 3.63) is 65.7 Å². The summed E-state index contributed by atoms with van der Waals surface area (Å²) in [5.74, 6) is -0.212. The molecule has 0 aliphatic heterocycles. The summed E-state index contributed by atoms with van der Waals surface area (Å²) < 4.78 is 12.6. The third-order valence-electron chi connectivity index (χ3n) is 2.04. The van der Waals surface area contributed by atoms with E-state index in [0.717, 1.165) is 11.1 Å². The second-order valence-corrected chi connectivity index (χ2v) is 4.04. The molecule has 3 nitrogen and oxygen atoms in total. The molecule has 4 N–H and O–H groups in total. The summed E-state index contributed by atoms with van der Waals surface area (Å²) in [5, 5.41) is 0.000000000000000222. The molecule has 0 bridgehead atoms. The molecule has 1 heterocycles. The summed E-state index contributed by atoms with van der Waals surface area (Å²) in [7, 11) is 0. The zero-order chi connectivity index (χ0) is 14.1. The van der Waals surface area contributed by atoms with Gasteiger partial charge < -0.3 is 11.5 Å². The van der Waals surface area contributed by atoms with Gasteiger partial charge in [-0.05, 0) is 47.6 Å². The summed E-state index contributed by atoms with van der Waals surface area (Å²) in [5.41, 5.74) is 11.3. The minimum atomic E-state index is -0.212. The molecule has 0 aliphatic carbocycles. The first-order valence-electron chi connectivity index (χ1n) is 5.46. The fourth-order valence-electron chi connectivity index (χ4n) is 1.24. The van der Waals surface area contributed by atoms with Crippen LogP contribution in [0.15, 0.2) is 48.8 Å². The molecule has 0 fully saturated rings. The number of nitrogens with two attached hydrogens (primary N) is 2. The van der Waals surface area contributed by atoms with E-state index >= 15 is 0 Å². The summed E-state index contributed by atoms with van der Waals surface area (Å²) in [6.07, 6.45) is 7.39. The number of nitrogens with zero attached hydrogens (tertiary/aromatic N) is 1. The van der Waals surface area contributed by atoms with Crippen molar-refractivity contribution in [1.82, 2.24) is 4.98 Å². The van der Waals surface area contributed by atoms with Gasteiger partial charge in [0, 0.05) is 12.4 Å². The SMILES string of the molecule is Fc1ccc(/C=C/c2ccncc2)cc1.NC(N)=S. The summed E-state index contributed by atoms with van der Waals surface area (Å²) in [6.45, 7) is 0. The van der Waals surface area contributed by atoms with Crippen molar-refractivity contribution >= 4 is 29.5 Å². The normalized spacial score (nSPS) is 9.74. The van der Waals surface area contributed by atoms with Crippen molar-refractivity contribution in [2.75, 3.05) is 0 Å². The van der Waals surface area contributed by atoms with Crippen molar-refractivity contribution in [3.8, 4) is 0 Å². The first kappa shape index (κ1) is 14.8. The Morgan fingerprint density at radius 3 is 1.84 bits per heavy atom. The van der Waals surface area contributed by atoms with Gasteiger partial charge >= 0.3 is 0 Å². The quantitative estimate of drug-likeness (QED) is 0.827. The summed E-state index contributed by atoms with van der Waals surface area (Å²) in [4.78, 5) is 3.93. The van der Waals surface area contributed by atoms with Crippen molar-refractivity contribution < 1.29 is 4.39 Å². The molecule has 2 rings (SSSR count). The van der Waals surface area contributed by atoms with Crippen molar-refractivity contribution in [2.24, 2.45) is 11.5 Å². The highest BCUT2D eigenvalue weighted by atomic mass is 32.1. The lowest BCUT2D eigenvalue weighted by molar-refractivity contribution is 0.628. The van der Waals surface area contributed by atoms with Crippen LogP contribution in [0.2, 0.25) is 0 Å². The molecule has 98 valence electrons. The summed E-state index contributed by atoms with van der Waals surface area (Å²) >= 11 is 4.09. The molecule has 0 radical (unpaired) electrons. The predicted octanol–water partition coefficient (Wildman–Crippen LogP) is 2.58. The number of benzene rings is 1. The Labute approximate surface area is 116 Å². The predicted molar refractivity (Wildman–Crippen MR) is 80.5 cm³/mol. The van der Waals surface area contributed by atoms with Gasteiger partial charge in [-0.2, -0.15) is 0 Å². The largest absolute Gasteiger partial charge is 0.377 e. The van der Waals surface area contributed by atoms with Crippen LogP contribution in [0.4, 0.5) is 4.39 Å². The second kappa shape index (κ2) is 7.94. The molecule has 1 aromatic carbocycles. The van der Waals surface area contributed by atoms with E-state index in [1.54, 1.807) is 24.5 Å². The van der Waals surface area contributed by atoms with Gasteiger partial charge in [-0.1, -0.05) is 24.3 Å². The molecule has 0 unspecified atom stereocenters. The van der Waals surface area contributed by atoms with Gasteiger partial charge in [-0.3, -0.25) is 4.98 Å².